The Labute approximate surface area is 133 Å². The van der Waals surface area contributed by atoms with E-state index in [9.17, 15) is 18.0 Å². The summed E-state index contributed by atoms with van der Waals surface area (Å²) in [6.45, 7) is 0. The van der Waals surface area contributed by atoms with Gasteiger partial charge in [-0.1, -0.05) is 35.5 Å². The molecule has 0 radical (unpaired) electrons. The number of anilines is 1. The smallest absolute Gasteiger partial charge is 0.350 e. The van der Waals surface area contributed by atoms with Crippen LogP contribution in [0.2, 0.25) is 0 Å². The van der Waals surface area contributed by atoms with Gasteiger partial charge >= 0.3 is 6.18 Å². The summed E-state index contributed by atoms with van der Waals surface area (Å²) in [5.41, 5.74) is 1.16. The molecule has 0 unspecified atom stereocenters. The molecule has 0 atom stereocenters. The summed E-state index contributed by atoms with van der Waals surface area (Å²) in [6.07, 6.45) is -4.70. The first-order valence-corrected chi connectivity index (χ1v) is 6.66. The second-order valence-electron chi connectivity index (χ2n) is 4.78. The molecule has 0 aliphatic carbocycles. The highest BCUT2D eigenvalue weighted by Gasteiger charge is 2.37. The first kappa shape index (κ1) is 15.7. The minimum atomic E-state index is -4.70. The average Bonchev–Trinajstić information content (AvgIpc) is 3.15. The van der Waals surface area contributed by atoms with Crippen molar-refractivity contribution in [2.75, 3.05) is 5.32 Å². The van der Waals surface area contributed by atoms with Gasteiger partial charge in [0.25, 0.3) is 11.7 Å². The van der Waals surface area contributed by atoms with Gasteiger partial charge in [-0.05, 0) is 0 Å². The highest BCUT2D eigenvalue weighted by Crippen LogP contribution is 2.27. The lowest BCUT2D eigenvalue weighted by atomic mass is 10.1. The predicted molar refractivity (Wildman–Crippen MR) is 75.9 cm³/mol. The van der Waals surface area contributed by atoms with Crippen LogP contribution in [0.25, 0.3) is 11.3 Å². The van der Waals surface area contributed by atoms with E-state index in [2.05, 4.69) is 20.6 Å². The summed E-state index contributed by atoms with van der Waals surface area (Å²) < 4.78 is 43.4. The van der Waals surface area contributed by atoms with E-state index >= 15 is 0 Å². The van der Waals surface area contributed by atoms with Crippen LogP contribution in [-0.2, 0) is 13.2 Å². The lowest BCUT2D eigenvalue weighted by molar-refractivity contribution is -0.144. The summed E-state index contributed by atoms with van der Waals surface area (Å²) in [5.74, 6) is -2.65. The molecule has 0 spiro atoms. The first-order chi connectivity index (χ1) is 11.3. The Morgan fingerprint density at radius 3 is 2.58 bits per heavy atom. The molecule has 3 aromatic rings. The lowest BCUT2D eigenvalue weighted by Gasteiger charge is -1.99. The number of alkyl halides is 3. The molecule has 1 aromatic carbocycles. The predicted octanol–water partition coefficient (Wildman–Crippen LogP) is 2.74. The molecule has 0 aliphatic rings. The molecule has 0 saturated carbocycles. The standard InChI is InChI=1S/C14H10F3N5O2/c1-22-13(19-12(20-22)14(15,16)17)18-11(23)10-7-9(21-24-10)8-5-3-2-4-6-8/h2-7H,1H3,(H,18,19,20,23). The van der Waals surface area contributed by atoms with E-state index < -0.39 is 17.9 Å². The van der Waals surface area contributed by atoms with E-state index in [0.717, 1.165) is 10.2 Å². The Bertz CT molecular complexity index is 870. The molecule has 3 rings (SSSR count). The quantitative estimate of drug-likeness (QED) is 0.794. The molecular formula is C14H10F3N5O2. The number of rotatable bonds is 3. The number of hydrogen-bond acceptors (Lipinski definition) is 5. The Morgan fingerprint density at radius 2 is 1.96 bits per heavy atom. The summed E-state index contributed by atoms with van der Waals surface area (Å²) in [6, 6.07) is 10.3. The van der Waals surface area contributed by atoms with Gasteiger partial charge < -0.3 is 4.52 Å². The van der Waals surface area contributed by atoms with Gasteiger partial charge in [0.1, 0.15) is 5.69 Å². The van der Waals surface area contributed by atoms with Gasteiger partial charge in [0.15, 0.2) is 0 Å². The highest BCUT2D eigenvalue weighted by atomic mass is 19.4. The lowest BCUT2D eigenvalue weighted by Crippen LogP contribution is -2.14. The third kappa shape index (κ3) is 3.12. The molecule has 0 saturated heterocycles. The number of hydrogen-bond donors (Lipinski definition) is 1. The molecule has 1 amide bonds. The van der Waals surface area contributed by atoms with Gasteiger partial charge in [0, 0.05) is 18.7 Å². The second kappa shape index (κ2) is 5.80. The second-order valence-corrected chi connectivity index (χ2v) is 4.78. The van der Waals surface area contributed by atoms with Gasteiger partial charge in [-0.25, -0.2) is 4.68 Å². The number of carbonyl (C=O) groups is 1. The molecule has 2 heterocycles. The van der Waals surface area contributed by atoms with Gasteiger partial charge in [-0.3, -0.25) is 10.1 Å². The highest BCUT2D eigenvalue weighted by molar-refractivity contribution is 6.01. The number of nitrogens with zero attached hydrogens (tertiary/aromatic N) is 4. The molecule has 1 N–H and O–H groups in total. The Balaban J connectivity index is 1.79. The summed E-state index contributed by atoms with van der Waals surface area (Å²) in [4.78, 5) is 15.3. The van der Waals surface area contributed by atoms with Crippen LogP contribution < -0.4 is 5.32 Å². The maximum Gasteiger partial charge on any atom is 0.453 e. The zero-order chi connectivity index (χ0) is 17.3. The zero-order valence-electron chi connectivity index (χ0n) is 12.2. The van der Waals surface area contributed by atoms with Crippen LogP contribution >= 0.6 is 0 Å². The fraction of sp³-hybridized carbons (Fsp3) is 0.143. The van der Waals surface area contributed by atoms with Gasteiger partial charge in [0.05, 0.1) is 0 Å². The van der Waals surface area contributed by atoms with Crippen LogP contribution in [0, 0.1) is 0 Å². The molecule has 0 aliphatic heterocycles. The Morgan fingerprint density at radius 1 is 1.25 bits per heavy atom. The van der Waals surface area contributed by atoms with E-state index in [-0.39, 0.29) is 11.7 Å². The number of carbonyl (C=O) groups excluding carboxylic acids is 1. The SMILES string of the molecule is Cn1nc(C(F)(F)F)nc1NC(=O)c1cc(-c2ccccc2)no1. The van der Waals surface area contributed by atoms with E-state index in [4.69, 9.17) is 4.52 Å². The number of aryl methyl sites for hydroxylation is 1. The van der Waals surface area contributed by atoms with Crippen molar-refractivity contribution in [3.63, 3.8) is 0 Å². The fourth-order valence-corrected chi connectivity index (χ4v) is 1.90. The average molecular weight is 337 g/mol. The third-order valence-corrected chi connectivity index (χ3v) is 3.05. The fourth-order valence-electron chi connectivity index (χ4n) is 1.90. The van der Waals surface area contributed by atoms with Crippen LogP contribution in [0.4, 0.5) is 19.1 Å². The van der Waals surface area contributed by atoms with Gasteiger partial charge in [0.2, 0.25) is 11.7 Å². The van der Waals surface area contributed by atoms with Crippen LogP contribution in [-0.4, -0.2) is 25.8 Å². The van der Waals surface area contributed by atoms with Gasteiger partial charge in [-0.2, -0.15) is 18.2 Å². The third-order valence-electron chi connectivity index (χ3n) is 3.05. The van der Waals surface area contributed by atoms with Gasteiger partial charge in [-0.15, -0.1) is 5.10 Å². The van der Waals surface area contributed by atoms with E-state index in [1.807, 2.05) is 6.07 Å². The zero-order valence-corrected chi connectivity index (χ0v) is 12.2. The first-order valence-electron chi connectivity index (χ1n) is 6.66. The van der Waals surface area contributed by atoms with Crippen molar-refractivity contribution < 1.29 is 22.5 Å². The minimum Gasteiger partial charge on any atom is -0.350 e. The van der Waals surface area contributed by atoms with Crippen molar-refractivity contribution in [3.05, 3.63) is 48.0 Å². The van der Waals surface area contributed by atoms with Crippen molar-refractivity contribution in [2.24, 2.45) is 7.05 Å². The van der Waals surface area contributed by atoms with Crippen LogP contribution in [0.1, 0.15) is 16.4 Å². The molecular weight excluding hydrogens is 327 g/mol. The van der Waals surface area contributed by atoms with Crippen LogP contribution in [0.3, 0.4) is 0 Å². The maximum atomic E-state index is 12.6. The van der Waals surface area contributed by atoms with Crippen molar-refractivity contribution in [2.45, 2.75) is 6.18 Å². The molecule has 124 valence electrons. The van der Waals surface area contributed by atoms with E-state index in [1.165, 1.54) is 13.1 Å². The molecule has 7 nitrogen and oxygen atoms in total. The minimum absolute atomic E-state index is 0.162. The summed E-state index contributed by atoms with van der Waals surface area (Å²) in [5, 5.41) is 9.16. The topological polar surface area (TPSA) is 85.8 Å². The number of aromatic nitrogens is 4. The largest absolute Gasteiger partial charge is 0.453 e. The summed E-state index contributed by atoms with van der Waals surface area (Å²) in [7, 11) is 1.23. The molecule has 0 fully saturated rings. The van der Waals surface area contributed by atoms with Crippen LogP contribution in [0.5, 0.6) is 0 Å². The number of amides is 1. The Kier molecular flexibility index (Phi) is 3.80. The number of benzene rings is 1. The van der Waals surface area contributed by atoms with Crippen molar-refractivity contribution in [3.8, 4) is 11.3 Å². The van der Waals surface area contributed by atoms with E-state index in [1.54, 1.807) is 24.3 Å². The monoisotopic (exact) mass is 337 g/mol. The summed E-state index contributed by atoms with van der Waals surface area (Å²) >= 11 is 0. The molecule has 24 heavy (non-hydrogen) atoms. The number of halogens is 3. The Hall–Kier alpha value is -3.17. The molecule has 10 heteroatoms. The molecule has 2 aromatic heterocycles. The maximum absolute atomic E-state index is 12.6. The normalized spacial score (nSPS) is 11.5. The molecule has 0 bridgehead atoms. The van der Waals surface area contributed by atoms with Crippen molar-refractivity contribution >= 4 is 11.9 Å². The van der Waals surface area contributed by atoms with Crippen molar-refractivity contribution in [1.29, 1.82) is 0 Å². The van der Waals surface area contributed by atoms with Crippen LogP contribution in [0.15, 0.2) is 40.9 Å². The number of nitrogens with one attached hydrogen (secondary N) is 1. The van der Waals surface area contributed by atoms with E-state index in [0.29, 0.717) is 5.69 Å². The van der Waals surface area contributed by atoms with Crippen molar-refractivity contribution in [1.82, 2.24) is 19.9 Å².